The molecule has 2 aromatic rings. The number of carbonyl (C=O) groups excluding carboxylic acids is 1. The molecular weight excluding hydrogens is 273 g/mol. The molecule has 0 saturated heterocycles. The molecule has 0 bridgehead atoms. The lowest BCUT2D eigenvalue weighted by atomic mass is 10.2. The Morgan fingerprint density at radius 3 is 2.44 bits per heavy atom. The van der Waals surface area contributed by atoms with Crippen LogP contribution in [0.1, 0.15) is 10.6 Å². The minimum atomic E-state index is -0.174. The summed E-state index contributed by atoms with van der Waals surface area (Å²) < 4.78 is 5.53. The number of carbonyl (C=O) groups is 1. The molecule has 0 spiro atoms. The predicted octanol–water partition coefficient (Wildman–Crippen LogP) is 3.35. The van der Waals surface area contributed by atoms with Crippen LogP contribution < -0.4 is 0 Å². The van der Waals surface area contributed by atoms with Crippen LogP contribution in [0.25, 0.3) is 11.0 Å². The van der Waals surface area contributed by atoms with E-state index in [2.05, 4.69) is 0 Å². The van der Waals surface area contributed by atoms with Crippen LogP contribution in [0, 0.1) is 0 Å². The first-order chi connectivity index (χ1) is 8.76. The van der Waals surface area contributed by atoms with Crippen LogP contribution in [0.2, 0.25) is 0 Å². The van der Waals surface area contributed by atoms with Gasteiger partial charge in [-0.25, -0.2) is 0 Å². The average molecular weight is 286 g/mol. The van der Waals surface area contributed by atoms with Crippen molar-refractivity contribution in [3.8, 4) is 0 Å². The van der Waals surface area contributed by atoms with Gasteiger partial charge in [0, 0.05) is 30.2 Å². The molecule has 1 aromatic heterocycles. The van der Waals surface area contributed by atoms with Crippen molar-refractivity contribution >= 4 is 40.1 Å². The molecule has 18 heavy (non-hydrogen) atoms. The van der Waals surface area contributed by atoms with Gasteiger partial charge in [-0.3, -0.25) is 4.79 Å². The van der Waals surface area contributed by atoms with Gasteiger partial charge < -0.3 is 9.32 Å². The number of fused-ring (bicyclic) bond motifs is 1. The second-order valence-electron chi connectivity index (χ2n) is 3.82. The second-order valence-corrected chi connectivity index (χ2v) is 4.57. The first-order valence-electron chi connectivity index (χ1n) is 5.66. The van der Waals surface area contributed by atoms with E-state index in [1.807, 2.05) is 24.3 Å². The third-order valence-corrected chi connectivity index (χ3v) is 2.97. The van der Waals surface area contributed by atoms with Crippen LogP contribution in [-0.4, -0.2) is 35.7 Å². The molecule has 1 aromatic carbocycles. The number of amides is 1. The summed E-state index contributed by atoms with van der Waals surface area (Å²) in [6, 6.07) is 9.26. The fourth-order valence-corrected chi connectivity index (χ4v) is 2.17. The number of nitrogens with zero attached hydrogens (tertiary/aromatic N) is 1. The average Bonchev–Trinajstić information content (AvgIpc) is 2.81. The van der Waals surface area contributed by atoms with E-state index in [1.54, 1.807) is 11.0 Å². The molecular formula is C13H13Cl2NO2. The number of rotatable bonds is 5. The molecule has 0 aliphatic heterocycles. The highest BCUT2D eigenvalue weighted by atomic mass is 35.5. The molecule has 96 valence electrons. The molecule has 0 N–H and O–H groups in total. The summed E-state index contributed by atoms with van der Waals surface area (Å²) in [6.45, 7) is 0.925. The van der Waals surface area contributed by atoms with E-state index in [1.165, 1.54) is 0 Å². The minimum Gasteiger partial charge on any atom is -0.451 e. The van der Waals surface area contributed by atoms with Gasteiger partial charge in [-0.15, -0.1) is 23.2 Å². The van der Waals surface area contributed by atoms with Crippen molar-refractivity contribution in [2.45, 2.75) is 0 Å². The van der Waals surface area contributed by atoms with Gasteiger partial charge in [0.2, 0.25) is 0 Å². The number of furan rings is 1. The lowest BCUT2D eigenvalue weighted by Crippen LogP contribution is -2.34. The van der Waals surface area contributed by atoms with E-state index < -0.39 is 0 Å². The van der Waals surface area contributed by atoms with Gasteiger partial charge in [0.05, 0.1) is 0 Å². The Morgan fingerprint density at radius 1 is 1.17 bits per heavy atom. The Hall–Kier alpha value is -1.19. The molecule has 0 unspecified atom stereocenters. The molecule has 1 amide bonds. The Balaban J connectivity index is 2.25. The summed E-state index contributed by atoms with van der Waals surface area (Å²) in [5.74, 6) is 0.907. The maximum Gasteiger partial charge on any atom is 0.289 e. The predicted molar refractivity (Wildman–Crippen MR) is 73.6 cm³/mol. The van der Waals surface area contributed by atoms with E-state index in [-0.39, 0.29) is 5.91 Å². The Labute approximate surface area is 115 Å². The van der Waals surface area contributed by atoms with Crippen molar-refractivity contribution in [3.05, 3.63) is 36.1 Å². The quantitative estimate of drug-likeness (QED) is 0.790. The van der Waals surface area contributed by atoms with Crippen LogP contribution in [0.5, 0.6) is 0 Å². The number of alkyl halides is 2. The van der Waals surface area contributed by atoms with Crippen molar-refractivity contribution < 1.29 is 9.21 Å². The molecule has 0 fully saturated rings. The van der Waals surface area contributed by atoms with Gasteiger partial charge in [0.1, 0.15) is 5.58 Å². The topological polar surface area (TPSA) is 33.5 Å². The third kappa shape index (κ3) is 2.79. The molecule has 0 radical (unpaired) electrons. The monoisotopic (exact) mass is 285 g/mol. The van der Waals surface area contributed by atoms with Gasteiger partial charge in [0.15, 0.2) is 5.76 Å². The minimum absolute atomic E-state index is 0.174. The number of para-hydroxylation sites is 1. The van der Waals surface area contributed by atoms with Crippen LogP contribution in [0.3, 0.4) is 0 Å². The molecule has 0 atom stereocenters. The van der Waals surface area contributed by atoms with Gasteiger partial charge >= 0.3 is 0 Å². The van der Waals surface area contributed by atoms with E-state index in [0.29, 0.717) is 36.2 Å². The van der Waals surface area contributed by atoms with Crippen molar-refractivity contribution in [1.29, 1.82) is 0 Å². The van der Waals surface area contributed by atoms with E-state index in [0.717, 1.165) is 5.39 Å². The SMILES string of the molecule is O=C(c1cc2ccccc2o1)N(CCCl)CCCl. The van der Waals surface area contributed by atoms with E-state index in [9.17, 15) is 4.79 Å². The number of hydrogen-bond acceptors (Lipinski definition) is 2. The van der Waals surface area contributed by atoms with Crippen molar-refractivity contribution in [2.24, 2.45) is 0 Å². The summed E-state index contributed by atoms with van der Waals surface area (Å²) in [6.07, 6.45) is 0. The normalized spacial score (nSPS) is 10.8. The highest BCUT2D eigenvalue weighted by Gasteiger charge is 2.18. The van der Waals surface area contributed by atoms with Gasteiger partial charge in [-0.2, -0.15) is 0 Å². The zero-order chi connectivity index (χ0) is 13.0. The standard InChI is InChI=1S/C13H13Cl2NO2/c14-5-7-16(8-6-15)13(17)12-9-10-3-1-2-4-11(10)18-12/h1-4,9H,5-8H2. The first kappa shape index (κ1) is 13.2. The summed E-state index contributed by atoms with van der Waals surface area (Å²) >= 11 is 11.3. The zero-order valence-electron chi connectivity index (χ0n) is 9.73. The Kier molecular flexibility index (Phi) is 4.50. The second kappa shape index (κ2) is 6.12. The fourth-order valence-electron chi connectivity index (χ4n) is 1.76. The van der Waals surface area contributed by atoms with Crippen LogP contribution >= 0.6 is 23.2 Å². The summed E-state index contributed by atoms with van der Waals surface area (Å²) in [4.78, 5) is 13.8. The maximum absolute atomic E-state index is 12.2. The van der Waals surface area contributed by atoms with Crippen LogP contribution in [-0.2, 0) is 0 Å². The molecule has 2 rings (SSSR count). The maximum atomic E-state index is 12.2. The number of hydrogen-bond donors (Lipinski definition) is 0. The van der Waals surface area contributed by atoms with Gasteiger partial charge in [0.25, 0.3) is 5.91 Å². The molecule has 0 aliphatic carbocycles. The summed E-state index contributed by atoms with van der Waals surface area (Å²) in [7, 11) is 0. The van der Waals surface area contributed by atoms with Crippen molar-refractivity contribution in [3.63, 3.8) is 0 Å². The molecule has 5 heteroatoms. The number of benzene rings is 1. The van der Waals surface area contributed by atoms with Crippen molar-refractivity contribution in [2.75, 3.05) is 24.8 Å². The highest BCUT2D eigenvalue weighted by Crippen LogP contribution is 2.20. The largest absolute Gasteiger partial charge is 0.451 e. The van der Waals surface area contributed by atoms with Crippen LogP contribution in [0.15, 0.2) is 34.7 Å². The fraction of sp³-hybridized carbons (Fsp3) is 0.308. The van der Waals surface area contributed by atoms with E-state index >= 15 is 0 Å². The van der Waals surface area contributed by atoms with E-state index in [4.69, 9.17) is 27.6 Å². The summed E-state index contributed by atoms with van der Waals surface area (Å²) in [5, 5.41) is 0.914. The first-order valence-corrected chi connectivity index (χ1v) is 6.73. The third-order valence-electron chi connectivity index (χ3n) is 2.63. The molecule has 1 heterocycles. The molecule has 0 saturated carbocycles. The zero-order valence-corrected chi connectivity index (χ0v) is 11.2. The molecule has 3 nitrogen and oxygen atoms in total. The summed E-state index contributed by atoms with van der Waals surface area (Å²) in [5.41, 5.74) is 0.706. The lowest BCUT2D eigenvalue weighted by Gasteiger charge is -2.18. The smallest absolute Gasteiger partial charge is 0.289 e. The van der Waals surface area contributed by atoms with Gasteiger partial charge in [-0.1, -0.05) is 18.2 Å². The van der Waals surface area contributed by atoms with Crippen molar-refractivity contribution in [1.82, 2.24) is 4.90 Å². The highest BCUT2D eigenvalue weighted by molar-refractivity contribution is 6.18. The van der Waals surface area contributed by atoms with Crippen LogP contribution in [0.4, 0.5) is 0 Å². The number of halogens is 2. The van der Waals surface area contributed by atoms with Gasteiger partial charge in [-0.05, 0) is 12.1 Å². The lowest BCUT2D eigenvalue weighted by molar-refractivity contribution is 0.0745. The molecule has 0 aliphatic rings. The Morgan fingerprint density at radius 2 is 1.83 bits per heavy atom. The Bertz CT molecular complexity index is 500.